The molecule has 0 amide bonds. The zero-order valence-corrected chi connectivity index (χ0v) is 19.8. The van der Waals surface area contributed by atoms with Crippen molar-refractivity contribution in [1.82, 2.24) is 4.57 Å². The number of rotatable bonds is 4. The van der Waals surface area contributed by atoms with Gasteiger partial charge in [0.05, 0.1) is 28.9 Å². The molecule has 1 N–H and O–H groups in total. The number of hydrogen-bond donors (Lipinski definition) is 1. The maximum atomic E-state index is 12.1. The molecule has 0 saturated carbocycles. The predicted octanol–water partition coefficient (Wildman–Crippen LogP) is 6.88. The van der Waals surface area contributed by atoms with Crippen molar-refractivity contribution >= 4 is 56.0 Å². The first kappa shape index (κ1) is 21.9. The molecule has 0 radical (unpaired) electrons. The number of methoxy groups -OCH3 is 1. The Labute approximate surface area is 198 Å². The van der Waals surface area contributed by atoms with Crippen LogP contribution in [0.3, 0.4) is 0 Å². The molecule has 31 heavy (non-hydrogen) atoms. The van der Waals surface area contributed by atoms with E-state index < -0.39 is 12.1 Å². The number of ether oxygens (including phenoxy) is 1. The highest BCUT2D eigenvalue weighted by atomic mass is 79.9. The molecule has 7 heteroatoms. The van der Waals surface area contributed by atoms with Crippen molar-refractivity contribution < 1.29 is 14.6 Å². The minimum atomic E-state index is -1.18. The maximum Gasteiger partial charge on any atom is 0.339 e. The van der Waals surface area contributed by atoms with Crippen molar-refractivity contribution in [2.75, 3.05) is 7.11 Å². The number of hydrogen-bond acceptors (Lipinski definition) is 3. The smallest absolute Gasteiger partial charge is 0.339 e. The van der Waals surface area contributed by atoms with E-state index in [2.05, 4.69) is 15.9 Å². The molecule has 1 unspecified atom stereocenters. The van der Waals surface area contributed by atoms with E-state index in [-0.39, 0.29) is 21.2 Å². The van der Waals surface area contributed by atoms with Crippen LogP contribution in [-0.2, 0) is 4.74 Å². The second-order valence-electron chi connectivity index (χ2n) is 7.11. The van der Waals surface area contributed by atoms with Gasteiger partial charge in [-0.2, -0.15) is 0 Å². The predicted molar refractivity (Wildman–Crippen MR) is 128 cm³/mol. The van der Waals surface area contributed by atoms with E-state index in [1.54, 1.807) is 0 Å². The standard InChI is InChI=1S/C24H18BrCl2NO3/c1-13-10-14(25)11-19-17(13)12-20(28(19)15-6-4-3-5-7-15)23(29)21-18(26)9-8-16(22(21)27)24(30)31-2/h3-12,23,29H,1-2H3. The number of fused-ring (bicyclic) bond motifs is 1. The third-order valence-corrected chi connectivity index (χ3v) is 6.42. The molecule has 0 bridgehead atoms. The zero-order valence-electron chi connectivity index (χ0n) is 16.7. The topological polar surface area (TPSA) is 51.5 Å². The van der Waals surface area contributed by atoms with E-state index in [9.17, 15) is 9.90 Å². The number of aromatic nitrogens is 1. The van der Waals surface area contributed by atoms with Crippen molar-refractivity contribution in [3.8, 4) is 5.69 Å². The molecule has 0 fully saturated rings. The molecule has 4 aromatic rings. The Morgan fingerprint density at radius 3 is 2.48 bits per heavy atom. The summed E-state index contributed by atoms with van der Waals surface area (Å²) in [6.45, 7) is 2.01. The first-order chi connectivity index (χ1) is 14.8. The highest BCUT2D eigenvalue weighted by Crippen LogP contribution is 2.40. The van der Waals surface area contributed by atoms with Gasteiger partial charge in [0.15, 0.2) is 0 Å². The van der Waals surface area contributed by atoms with Gasteiger partial charge in [0.2, 0.25) is 0 Å². The fraction of sp³-hybridized carbons (Fsp3) is 0.125. The SMILES string of the molecule is COC(=O)c1ccc(Cl)c(C(O)c2cc3c(C)cc(Br)cc3n2-c2ccccc2)c1Cl. The lowest BCUT2D eigenvalue weighted by Gasteiger charge is -2.19. The molecule has 0 aliphatic rings. The summed E-state index contributed by atoms with van der Waals surface area (Å²) < 4.78 is 7.70. The third-order valence-electron chi connectivity index (χ3n) is 5.22. The number of aliphatic hydroxyl groups excluding tert-OH is 1. The van der Waals surface area contributed by atoms with Gasteiger partial charge in [0.25, 0.3) is 0 Å². The van der Waals surface area contributed by atoms with Crippen molar-refractivity contribution in [1.29, 1.82) is 0 Å². The molecule has 158 valence electrons. The number of esters is 1. The monoisotopic (exact) mass is 517 g/mol. The van der Waals surface area contributed by atoms with Crippen LogP contribution in [0, 0.1) is 6.92 Å². The Kier molecular flexibility index (Phi) is 6.13. The summed E-state index contributed by atoms with van der Waals surface area (Å²) in [4.78, 5) is 12.1. The number of benzene rings is 3. The number of halogens is 3. The summed E-state index contributed by atoms with van der Waals surface area (Å²) in [5.41, 5.74) is 3.82. The molecular formula is C24H18BrCl2NO3. The Morgan fingerprint density at radius 2 is 1.81 bits per heavy atom. The van der Waals surface area contributed by atoms with Gasteiger partial charge in [0.1, 0.15) is 6.10 Å². The summed E-state index contributed by atoms with van der Waals surface area (Å²) in [6.07, 6.45) is -1.18. The first-order valence-corrected chi connectivity index (χ1v) is 11.0. The lowest BCUT2D eigenvalue weighted by molar-refractivity contribution is 0.0600. The second-order valence-corrected chi connectivity index (χ2v) is 8.81. The van der Waals surface area contributed by atoms with Gasteiger partial charge in [-0.3, -0.25) is 0 Å². The van der Waals surface area contributed by atoms with Crippen LogP contribution < -0.4 is 0 Å². The summed E-state index contributed by atoms with van der Waals surface area (Å²) in [5, 5.41) is 12.8. The van der Waals surface area contributed by atoms with Crippen LogP contribution in [0.2, 0.25) is 10.0 Å². The molecule has 0 aliphatic carbocycles. The molecular weight excluding hydrogens is 501 g/mol. The summed E-state index contributed by atoms with van der Waals surface area (Å²) in [7, 11) is 1.28. The van der Waals surface area contributed by atoms with Crippen molar-refractivity contribution in [2.24, 2.45) is 0 Å². The van der Waals surface area contributed by atoms with Crippen LogP contribution in [0.25, 0.3) is 16.6 Å². The highest BCUT2D eigenvalue weighted by molar-refractivity contribution is 9.10. The molecule has 0 spiro atoms. The van der Waals surface area contributed by atoms with E-state index in [4.69, 9.17) is 27.9 Å². The molecule has 1 aromatic heterocycles. The minimum Gasteiger partial charge on any atom is -0.465 e. The fourth-order valence-electron chi connectivity index (χ4n) is 3.76. The Hall–Kier alpha value is -2.31. The van der Waals surface area contributed by atoms with Crippen LogP contribution in [0.5, 0.6) is 0 Å². The number of carbonyl (C=O) groups excluding carboxylic acids is 1. The number of aryl methyl sites for hydroxylation is 1. The molecule has 1 heterocycles. The second kappa shape index (κ2) is 8.67. The molecule has 4 nitrogen and oxygen atoms in total. The Morgan fingerprint density at radius 1 is 1.10 bits per heavy atom. The van der Waals surface area contributed by atoms with E-state index in [1.165, 1.54) is 19.2 Å². The van der Waals surface area contributed by atoms with Gasteiger partial charge >= 0.3 is 5.97 Å². The Balaban J connectivity index is 2.01. The molecule has 0 saturated heterocycles. The van der Waals surface area contributed by atoms with Crippen molar-refractivity contribution in [3.63, 3.8) is 0 Å². The van der Waals surface area contributed by atoms with Crippen LogP contribution >= 0.6 is 39.1 Å². The summed E-state index contributed by atoms with van der Waals surface area (Å²) in [6, 6.07) is 18.7. The molecule has 3 aromatic carbocycles. The average Bonchev–Trinajstić information content (AvgIpc) is 3.13. The van der Waals surface area contributed by atoms with Crippen LogP contribution in [-0.4, -0.2) is 22.8 Å². The van der Waals surface area contributed by atoms with Crippen LogP contribution in [0.15, 0.2) is 65.1 Å². The van der Waals surface area contributed by atoms with Gasteiger partial charge in [0, 0.05) is 26.1 Å². The van der Waals surface area contributed by atoms with E-state index in [0.717, 1.165) is 26.6 Å². The van der Waals surface area contributed by atoms with Crippen molar-refractivity contribution in [3.05, 3.63) is 97.6 Å². The van der Waals surface area contributed by atoms with Gasteiger partial charge in [-0.05, 0) is 55.0 Å². The third kappa shape index (κ3) is 3.87. The zero-order chi connectivity index (χ0) is 22.3. The summed E-state index contributed by atoms with van der Waals surface area (Å²) in [5.74, 6) is -0.599. The molecule has 1 atom stereocenters. The van der Waals surface area contributed by atoms with E-state index in [0.29, 0.717) is 5.69 Å². The number of carbonyl (C=O) groups is 1. The number of aliphatic hydroxyl groups is 1. The molecule has 4 rings (SSSR count). The van der Waals surface area contributed by atoms with Crippen LogP contribution in [0.4, 0.5) is 0 Å². The van der Waals surface area contributed by atoms with Crippen molar-refractivity contribution in [2.45, 2.75) is 13.0 Å². The average molecular weight is 519 g/mol. The molecule has 0 aliphatic heterocycles. The quantitative estimate of drug-likeness (QED) is 0.300. The van der Waals surface area contributed by atoms with Crippen LogP contribution in [0.1, 0.15) is 33.3 Å². The van der Waals surface area contributed by atoms with Gasteiger partial charge in [-0.25, -0.2) is 4.79 Å². The van der Waals surface area contributed by atoms with E-state index >= 15 is 0 Å². The fourth-order valence-corrected chi connectivity index (χ4v) is 4.98. The normalized spacial score (nSPS) is 12.2. The highest BCUT2D eigenvalue weighted by Gasteiger charge is 2.27. The van der Waals surface area contributed by atoms with E-state index in [1.807, 2.05) is 60.0 Å². The lowest BCUT2D eigenvalue weighted by Crippen LogP contribution is -2.11. The number of nitrogens with zero attached hydrogens (tertiary/aromatic N) is 1. The lowest BCUT2D eigenvalue weighted by atomic mass is 10.0. The number of para-hydroxylation sites is 1. The summed E-state index contributed by atoms with van der Waals surface area (Å²) >= 11 is 16.5. The van der Waals surface area contributed by atoms with Gasteiger partial charge in [-0.1, -0.05) is 57.3 Å². The largest absolute Gasteiger partial charge is 0.465 e. The maximum absolute atomic E-state index is 12.1. The Bertz CT molecular complexity index is 1300. The van der Waals surface area contributed by atoms with Gasteiger partial charge < -0.3 is 14.4 Å². The minimum absolute atomic E-state index is 0.0645. The first-order valence-electron chi connectivity index (χ1n) is 9.44. The van der Waals surface area contributed by atoms with Gasteiger partial charge in [-0.15, -0.1) is 0 Å².